The lowest BCUT2D eigenvalue weighted by atomic mass is 10.2. The molecule has 118 valence electrons. The zero-order chi connectivity index (χ0) is 16.1. The number of nitrogens with zero attached hydrogens (tertiary/aromatic N) is 5. The lowest BCUT2D eigenvalue weighted by Crippen LogP contribution is -2.22. The van der Waals surface area contributed by atoms with Gasteiger partial charge in [0.05, 0.1) is 13.7 Å². The fourth-order valence-corrected chi connectivity index (χ4v) is 2.12. The van der Waals surface area contributed by atoms with E-state index in [2.05, 4.69) is 19.9 Å². The summed E-state index contributed by atoms with van der Waals surface area (Å²) < 4.78 is 5.37. The Bertz CT molecular complexity index is 631. The molecule has 2 N–H and O–H groups in total. The summed E-state index contributed by atoms with van der Waals surface area (Å²) in [5.41, 5.74) is 6.86. The lowest BCUT2D eigenvalue weighted by Gasteiger charge is -2.18. The SMILES string of the molecule is COc1ccccc1CN(C)Cc1nc(N)nc(N(C)C)n1. The number of rotatable bonds is 6. The van der Waals surface area contributed by atoms with Gasteiger partial charge in [-0.25, -0.2) is 0 Å². The van der Waals surface area contributed by atoms with Crippen LogP contribution in [0.3, 0.4) is 0 Å². The minimum Gasteiger partial charge on any atom is -0.496 e. The van der Waals surface area contributed by atoms with Crippen molar-refractivity contribution in [3.05, 3.63) is 35.7 Å². The second kappa shape index (κ2) is 7.04. The molecule has 0 spiro atoms. The van der Waals surface area contributed by atoms with E-state index in [1.165, 1.54) is 0 Å². The summed E-state index contributed by atoms with van der Waals surface area (Å²) in [5.74, 6) is 2.32. The second-order valence-corrected chi connectivity index (χ2v) is 5.29. The smallest absolute Gasteiger partial charge is 0.229 e. The van der Waals surface area contributed by atoms with Crippen LogP contribution in [0.4, 0.5) is 11.9 Å². The van der Waals surface area contributed by atoms with Gasteiger partial charge in [0.15, 0.2) is 0 Å². The van der Waals surface area contributed by atoms with E-state index in [0.29, 0.717) is 18.3 Å². The molecule has 0 unspecified atom stereocenters. The highest BCUT2D eigenvalue weighted by Gasteiger charge is 2.10. The monoisotopic (exact) mass is 302 g/mol. The minimum absolute atomic E-state index is 0.236. The molecule has 2 rings (SSSR count). The Balaban J connectivity index is 2.10. The average Bonchev–Trinajstić information content (AvgIpc) is 2.47. The van der Waals surface area contributed by atoms with Crippen LogP contribution < -0.4 is 15.4 Å². The van der Waals surface area contributed by atoms with Crippen molar-refractivity contribution in [3.63, 3.8) is 0 Å². The number of ether oxygens (including phenoxy) is 1. The van der Waals surface area contributed by atoms with Gasteiger partial charge in [-0.1, -0.05) is 18.2 Å². The molecule has 22 heavy (non-hydrogen) atoms. The van der Waals surface area contributed by atoms with Gasteiger partial charge in [-0.05, 0) is 13.1 Å². The van der Waals surface area contributed by atoms with Gasteiger partial charge >= 0.3 is 0 Å². The van der Waals surface area contributed by atoms with E-state index in [9.17, 15) is 0 Å². The first-order chi connectivity index (χ1) is 10.5. The Morgan fingerprint density at radius 2 is 1.77 bits per heavy atom. The molecule has 1 aromatic carbocycles. The Morgan fingerprint density at radius 1 is 1.05 bits per heavy atom. The first kappa shape index (κ1) is 16.0. The van der Waals surface area contributed by atoms with Gasteiger partial charge in [-0.3, -0.25) is 4.90 Å². The third kappa shape index (κ3) is 4.05. The summed E-state index contributed by atoms with van der Waals surface area (Å²) in [6, 6.07) is 7.95. The molecular formula is C15H22N6O. The number of nitrogens with two attached hydrogens (primary N) is 1. The third-order valence-corrected chi connectivity index (χ3v) is 3.13. The highest BCUT2D eigenvalue weighted by atomic mass is 16.5. The quantitative estimate of drug-likeness (QED) is 0.857. The zero-order valence-electron chi connectivity index (χ0n) is 13.4. The molecule has 0 aliphatic heterocycles. The van der Waals surface area contributed by atoms with Gasteiger partial charge in [-0.2, -0.15) is 15.0 Å². The number of hydrogen-bond acceptors (Lipinski definition) is 7. The number of aromatic nitrogens is 3. The highest BCUT2D eigenvalue weighted by Crippen LogP contribution is 2.19. The number of methoxy groups -OCH3 is 1. The summed E-state index contributed by atoms with van der Waals surface area (Å²) in [4.78, 5) is 16.6. The van der Waals surface area contributed by atoms with Crippen molar-refractivity contribution in [2.75, 3.05) is 38.9 Å². The van der Waals surface area contributed by atoms with Crippen molar-refractivity contribution in [1.29, 1.82) is 0 Å². The van der Waals surface area contributed by atoms with Crippen molar-refractivity contribution >= 4 is 11.9 Å². The van der Waals surface area contributed by atoms with E-state index in [0.717, 1.165) is 17.9 Å². The molecule has 0 radical (unpaired) electrons. The van der Waals surface area contributed by atoms with E-state index in [-0.39, 0.29) is 5.95 Å². The standard InChI is InChI=1S/C15H22N6O/c1-20(2)15-18-13(17-14(16)19-15)10-21(3)9-11-7-5-6-8-12(11)22-4/h5-8H,9-10H2,1-4H3,(H2,16,17,18,19). The summed E-state index contributed by atoms with van der Waals surface area (Å²) in [6.45, 7) is 1.30. The van der Waals surface area contributed by atoms with Crippen molar-refractivity contribution in [1.82, 2.24) is 19.9 Å². The highest BCUT2D eigenvalue weighted by molar-refractivity contribution is 5.34. The van der Waals surface area contributed by atoms with Crippen LogP contribution in [0.15, 0.2) is 24.3 Å². The molecule has 7 nitrogen and oxygen atoms in total. The Hall–Kier alpha value is -2.41. The zero-order valence-corrected chi connectivity index (χ0v) is 13.4. The molecule has 1 aromatic heterocycles. The van der Waals surface area contributed by atoms with Crippen LogP contribution in [0.1, 0.15) is 11.4 Å². The van der Waals surface area contributed by atoms with Gasteiger partial charge < -0.3 is 15.4 Å². The van der Waals surface area contributed by atoms with Crippen LogP contribution >= 0.6 is 0 Å². The topological polar surface area (TPSA) is 80.4 Å². The molecule has 0 saturated heterocycles. The molecule has 0 fully saturated rings. The van der Waals surface area contributed by atoms with Crippen LogP contribution in [-0.2, 0) is 13.1 Å². The maximum atomic E-state index is 5.74. The van der Waals surface area contributed by atoms with Crippen LogP contribution in [0, 0.1) is 0 Å². The summed E-state index contributed by atoms with van der Waals surface area (Å²) in [6.07, 6.45) is 0. The normalized spacial score (nSPS) is 10.8. The van der Waals surface area contributed by atoms with Gasteiger partial charge in [0.1, 0.15) is 11.6 Å². The predicted molar refractivity (Wildman–Crippen MR) is 86.7 cm³/mol. The van der Waals surface area contributed by atoms with Gasteiger partial charge in [-0.15, -0.1) is 0 Å². The maximum Gasteiger partial charge on any atom is 0.229 e. The predicted octanol–water partition coefficient (Wildman–Crippen LogP) is 1.16. The number of nitrogen functional groups attached to an aromatic ring is 1. The van der Waals surface area contributed by atoms with Crippen molar-refractivity contribution < 1.29 is 4.74 Å². The number of anilines is 2. The molecule has 0 bridgehead atoms. The van der Waals surface area contributed by atoms with E-state index in [1.807, 2.05) is 50.3 Å². The second-order valence-electron chi connectivity index (χ2n) is 5.29. The molecule has 0 aliphatic rings. The fourth-order valence-electron chi connectivity index (χ4n) is 2.12. The molecule has 0 amide bonds. The lowest BCUT2D eigenvalue weighted by molar-refractivity contribution is 0.302. The molecule has 2 aromatic rings. The average molecular weight is 302 g/mol. The van der Waals surface area contributed by atoms with Crippen molar-refractivity contribution in [3.8, 4) is 5.75 Å². The minimum atomic E-state index is 0.236. The molecule has 1 heterocycles. The molecule has 0 saturated carbocycles. The third-order valence-electron chi connectivity index (χ3n) is 3.13. The largest absolute Gasteiger partial charge is 0.496 e. The van der Waals surface area contributed by atoms with Gasteiger partial charge in [0, 0.05) is 26.2 Å². The van der Waals surface area contributed by atoms with E-state index in [4.69, 9.17) is 10.5 Å². The number of benzene rings is 1. The molecule has 7 heteroatoms. The van der Waals surface area contributed by atoms with Crippen LogP contribution in [0.2, 0.25) is 0 Å². The maximum absolute atomic E-state index is 5.74. The first-order valence-electron chi connectivity index (χ1n) is 6.97. The van der Waals surface area contributed by atoms with Gasteiger partial charge in [0.2, 0.25) is 11.9 Å². The van der Waals surface area contributed by atoms with E-state index < -0.39 is 0 Å². The van der Waals surface area contributed by atoms with E-state index >= 15 is 0 Å². The number of hydrogen-bond donors (Lipinski definition) is 1. The summed E-state index contributed by atoms with van der Waals surface area (Å²) in [5, 5.41) is 0. The van der Waals surface area contributed by atoms with Crippen molar-refractivity contribution in [2.24, 2.45) is 0 Å². The Morgan fingerprint density at radius 3 is 2.45 bits per heavy atom. The molecule has 0 atom stereocenters. The molecule has 0 aliphatic carbocycles. The fraction of sp³-hybridized carbons (Fsp3) is 0.400. The van der Waals surface area contributed by atoms with Crippen LogP contribution in [-0.4, -0.2) is 48.1 Å². The Labute approximate surface area is 130 Å². The van der Waals surface area contributed by atoms with Gasteiger partial charge in [0.25, 0.3) is 0 Å². The van der Waals surface area contributed by atoms with Crippen molar-refractivity contribution in [2.45, 2.75) is 13.1 Å². The summed E-state index contributed by atoms with van der Waals surface area (Å²) in [7, 11) is 7.42. The summed E-state index contributed by atoms with van der Waals surface area (Å²) >= 11 is 0. The molecular weight excluding hydrogens is 280 g/mol. The van der Waals surface area contributed by atoms with E-state index in [1.54, 1.807) is 7.11 Å². The van der Waals surface area contributed by atoms with Crippen LogP contribution in [0.5, 0.6) is 5.75 Å². The Kier molecular flexibility index (Phi) is 5.11. The first-order valence-corrected chi connectivity index (χ1v) is 6.97. The van der Waals surface area contributed by atoms with Crippen LogP contribution in [0.25, 0.3) is 0 Å². The number of para-hydroxylation sites is 1.